The Hall–Kier alpha value is -1.70. The van der Waals surface area contributed by atoms with Gasteiger partial charge in [0.05, 0.1) is 6.04 Å². The molecule has 1 saturated heterocycles. The average Bonchev–Trinajstić information content (AvgIpc) is 2.58. The molecule has 1 aliphatic heterocycles. The number of amides is 3. The van der Waals surface area contributed by atoms with E-state index in [-0.39, 0.29) is 11.7 Å². The third-order valence-electron chi connectivity index (χ3n) is 4.35. The molecule has 2 rings (SSSR count). The molecule has 8 heteroatoms. The molecule has 0 aliphatic carbocycles. The van der Waals surface area contributed by atoms with Crippen molar-refractivity contribution in [1.82, 2.24) is 20.4 Å². The van der Waals surface area contributed by atoms with E-state index in [0.717, 1.165) is 0 Å². The summed E-state index contributed by atoms with van der Waals surface area (Å²) >= 11 is 6.08. The highest BCUT2D eigenvalue weighted by Gasteiger charge is 2.27. The summed E-state index contributed by atoms with van der Waals surface area (Å²) in [5, 5.41) is 5.29. The van der Waals surface area contributed by atoms with E-state index in [4.69, 9.17) is 11.6 Å². The first-order chi connectivity index (χ1) is 11.9. The lowest BCUT2D eigenvalue weighted by molar-refractivity contribution is -0.125. The normalized spacial score (nSPS) is 17.1. The van der Waals surface area contributed by atoms with Gasteiger partial charge < -0.3 is 5.32 Å². The van der Waals surface area contributed by atoms with Gasteiger partial charge in [-0.3, -0.25) is 19.9 Å². The number of benzene rings is 1. The molecule has 1 aliphatic rings. The highest BCUT2D eigenvalue weighted by atomic mass is 35.5. The third kappa shape index (κ3) is 5.39. The number of carbonyl (C=O) groups excluding carboxylic acids is 2. The summed E-state index contributed by atoms with van der Waals surface area (Å²) in [5.41, 5.74) is 0.500. The lowest BCUT2D eigenvalue weighted by atomic mass is 10.1. The van der Waals surface area contributed by atoms with E-state index in [1.807, 2.05) is 4.90 Å². The summed E-state index contributed by atoms with van der Waals surface area (Å²) in [7, 11) is 0. The van der Waals surface area contributed by atoms with Crippen molar-refractivity contribution in [2.75, 3.05) is 32.7 Å². The van der Waals surface area contributed by atoms with Crippen molar-refractivity contribution < 1.29 is 14.0 Å². The second-order valence-corrected chi connectivity index (χ2v) is 6.44. The first-order valence-electron chi connectivity index (χ1n) is 8.40. The van der Waals surface area contributed by atoms with Crippen LogP contribution >= 0.6 is 11.6 Å². The van der Waals surface area contributed by atoms with E-state index < -0.39 is 12.1 Å². The van der Waals surface area contributed by atoms with Gasteiger partial charge in [-0.2, -0.15) is 0 Å². The fraction of sp³-hybridized carbons (Fsp3) is 0.529. The molecule has 0 radical (unpaired) electrons. The number of hydrogen-bond acceptors (Lipinski definition) is 4. The number of nitrogens with zero attached hydrogens (tertiary/aromatic N) is 2. The van der Waals surface area contributed by atoms with Gasteiger partial charge >= 0.3 is 6.03 Å². The molecule has 138 valence electrons. The number of piperazine rings is 1. The van der Waals surface area contributed by atoms with E-state index in [1.165, 1.54) is 6.07 Å². The van der Waals surface area contributed by atoms with Gasteiger partial charge in [0, 0.05) is 49.9 Å². The van der Waals surface area contributed by atoms with Crippen LogP contribution in [0.15, 0.2) is 18.2 Å². The second-order valence-electron chi connectivity index (χ2n) is 6.04. The van der Waals surface area contributed by atoms with Crippen molar-refractivity contribution in [3.63, 3.8) is 0 Å². The first kappa shape index (κ1) is 19.6. The summed E-state index contributed by atoms with van der Waals surface area (Å²) in [6.07, 6.45) is 0. The summed E-state index contributed by atoms with van der Waals surface area (Å²) in [4.78, 5) is 27.7. The van der Waals surface area contributed by atoms with E-state index in [0.29, 0.717) is 49.9 Å². The maximum atomic E-state index is 13.9. The lowest BCUT2D eigenvalue weighted by Gasteiger charge is -2.37. The molecule has 0 spiro atoms. The molecule has 0 saturated carbocycles. The van der Waals surface area contributed by atoms with Crippen LogP contribution in [0.4, 0.5) is 9.18 Å². The zero-order valence-corrected chi connectivity index (χ0v) is 15.3. The number of halogens is 2. The average molecular weight is 371 g/mol. The molecular weight excluding hydrogens is 347 g/mol. The highest BCUT2D eigenvalue weighted by molar-refractivity contribution is 6.31. The minimum absolute atomic E-state index is 0.301. The van der Waals surface area contributed by atoms with Gasteiger partial charge in [-0.1, -0.05) is 17.7 Å². The highest BCUT2D eigenvalue weighted by Crippen LogP contribution is 2.21. The van der Waals surface area contributed by atoms with Gasteiger partial charge in [-0.15, -0.1) is 0 Å². The molecule has 1 fully saturated rings. The maximum absolute atomic E-state index is 13.9. The Morgan fingerprint density at radius 3 is 2.56 bits per heavy atom. The molecule has 3 amide bonds. The summed E-state index contributed by atoms with van der Waals surface area (Å²) in [6.45, 7) is 7.19. The Kier molecular flexibility index (Phi) is 7.16. The molecule has 0 bridgehead atoms. The van der Waals surface area contributed by atoms with Crippen LogP contribution in [0, 0.1) is 5.82 Å². The number of rotatable bonds is 5. The molecule has 1 heterocycles. The zero-order valence-electron chi connectivity index (χ0n) is 14.5. The molecule has 1 aromatic rings. The van der Waals surface area contributed by atoms with Crippen LogP contribution in [0.2, 0.25) is 5.02 Å². The fourth-order valence-electron chi connectivity index (χ4n) is 2.80. The van der Waals surface area contributed by atoms with Crippen LogP contribution in [-0.4, -0.2) is 60.5 Å². The SMILES string of the molecule is CCNC(=O)NC(=O)C(C)N1CCN(Cc2c(F)cccc2Cl)CC1. The predicted octanol–water partition coefficient (Wildman–Crippen LogP) is 1.83. The van der Waals surface area contributed by atoms with Gasteiger partial charge in [0.15, 0.2) is 0 Å². The number of imide groups is 1. The van der Waals surface area contributed by atoms with E-state index in [1.54, 1.807) is 26.0 Å². The Bertz CT molecular complexity index is 600. The third-order valence-corrected chi connectivity index (χ3v) is 4.71. The molecule has 1 atom stereocenters. The van der Waals surface area contributed by atoms with Crippen molar-refractivity contribution in [1.29, 1.82) is 0 Å². The smallest absolute Gasteiger partial charge is 0.321 e. The molecule has 1 unspecified atom stereocenters. The second kappa shape index (κ2) is 9.12. The predicted molar refractivity (Wildman–Crippen MR) is 94.9 cm³/mol. The van der Waals surface area contributed by atoms with Crippen molar-refractivity contribution in [2.24, 2.45) is 0 Å². The van der Waals surface area contributed by atoms with Crippen LogP contribution in [0.3, 0.4) is 0 Å². The largest absolute Gasteiger partial charge is 0.338 e. The van der Waals surface area contributed by atoms with E-state index in [9.17, 15) is 14.0 Å². The number of urea groups is 1. The van der Waals surface area contributed by atoms with E-state index in [2.05, 4.69) is 15.5 Å². The van der Waals surface area contributed by atoms with Crippen molar-refractivity contribution in [3.05, 3.63) is 34.6 Å². The Morgan fingerprint density at radius 2 is 1.96 bits per heavy atom. The summed E-state index contributed by atoms with van der Waals surface area (Å²) < 4.78 is 13.9. The van der Waals surface area contributed by atoms with Gasteiger partial charge in [0.1, 0.15) is 5.82 Å². The van der Waals surface area contributed by atoms with Crippen LogP contribution in [0.5, 0.6) is 0 Å². The number of hydrogen-bond donors (Lipinski definition) is 2. The molecule has 6 nitrogen and oxygen atoms in total. The summed E-state index contributed by atoms with van der Waals surface area (Å²) in [5.74, 6) is -0.624. The van der Waals surface area contributed by atoms with Crippen LogP contribution < -0.4 is 10.6 Å². The Labute approximate surface area is 152 Å². The van der Waals surface area contributed by atoms with Crippen LogP contribution in [0.25, 0.3) is 0 Å². The van der Waals surface area contributed by atoms with Crippen molar-refractivity contribution in [2.45, 2.75) is 26.4 Å². The molecule has 1 aromatic carbocycles. The topological polar surface area (TPSA) is 64.7 Å². The number of carbonyl (C=O) groups is 2. The Balaban J connectivity index is 1.84. The molecular formula is C17H24ClFN4O2. The van der Waals surface area contributed by atoms with Gasteiger partial charge in [-0.05, 0) is 26.0 Å². The van der Waals surface area contributed by atoms with Crippen LogP contribution in [0.1, 0.15) is 19.4 Å². The van der Waals surface area contributed by atoms with Crippen LogP contribution in [-0.2, 0) is 11.3 Å². The summed E-state index contributed by atoms with van der Waals surface area (Å²) in [6, 6.07) is 3.80. The maximum Gasteiger partial charge on any atom is 0.321 e. The quantitative estimate of drug-likeness (QED) is 0.830. The minimum atomic E-state index is -0.479. The lowest BCUT2D eigenvalue weighted by Crippen LogP contribution is -2.55. The van der Waals surface area contributed by atoms with Crippen molar-refractivity contribution in [3.8, 4) is 0 Å². The van der Waals surface area contributed by atoms with E-state index >= 15 is 0 Å². The zero-order chi connectivity index (χ0) is 18.4. The standard InChI is InChI=1S/C17H24ClFN4O2/c1-3-20-17(25)21-16(24)12(2)23-9-7-22(8-10-23)11-13-14(18)5-4-6-15(13)19/h4-6,12H,3,7-11H2,1-2H3,(H2,20,21,24,25). The van der Waals surface area contributed by atoms with Gasteiger partial charge in [-0.25, -0.2) is 9.18 Å². The van der Waals surface area contributed by atoms with Gasteiger partial charge in [0.2, 0.25) is 5.91 Å². The minimum Gasteiger partial charge on any atom is -0.338 e. The molecule has 0 aromatic heterocycles. The monoisotopic (exact) mass is 370 g/mol. The number of nitrogens with one attached hydrogen (secondary N) is 2. The Morgan fingerprint density at radius 1 is 1.28 bits per heavy atom. The van der Waals surface area contributed by atoms with Crippen molar-refractivity contribution >= 4 is 23.5 Å². The molecule has 2 N–H and O–H groups in total. The first-order valence-corrected chi connectivity index (χ1v) is 8.78. The fourth-order valence-corrected chi connectivity index (χ4v) is 3.03. The van der Waals surface area contributed by atoms with Gasteiger partial charge in [0.25, 0.3) is 0 Å². The molecule has 25 heavy (non-hydrogen) atoms.